The molecular formula is C20H23Cl2FN2O6. The molecule has 1 aromatic heterocycles. The third kappa shape index (κ3) is 5.30. The third-order valence-corrected chi connectivity index (χ3v) is 5.69. The quantitative estimate of drug-likeness (QED) is 0.616. The molecule has 0 aliphatic carbocycles. The van der Waals surface area contributed by atoms with Crippen LogP contribution in [0.1, 0.15) is 23.7 Å². The van der Waals surface area contributed by atoms with Gasteiger partial charge in [0.15, 0.2) is 6.17 Å². The highest BCUT2D eigenvalue weighted by Gasteiger charge is 2.47. The molecule has 170 valence electrons. The molecule has 1 saturated heterocycles. The van der Waals surface area contributed by atoms with E-state index in [4.69, 9.17) is 37.4 Å². The summed E-state index contributed by atoms with van der Waals surface area (Å²) in [5.74, 6) is -0.498. The predicted octanol–water partition coefficient (Wildman–Crippen LogP) is 2.35. The molecule has 0 bridgehead atoms. The zero-order valence-electron chi connectivity index (χ0n) is 17.1. The average molecular weight is 477 g/mol. The lowest BCUT2D eigenvalue weighted by molar-refractivity contribution is -0.267. The van der Waals surface area contributed by atoms with E-state index >= 15 is 0 Å². The van der Waals surface area contributed by atoms with Gasteiger partial charge in [-0.25, -0.2) is 4.39 Å². The maximum atomic E-state index is 14.3. The molecule has 0 radical (unpaired) electrons. The molecule has 1 aliphatic heterocycles. The maximum Gasteiger partial charge on any atom is 0.302 e. The van der Waals surface area contributed by atoms with Gasteiger partial charge in [-0.2, -0.15) is 0 Å². The lowest BCUT2D eigenvalue weighted by Crippen LogP contribution is -2.58. The van der Waals surface area contributed by atoms with Crippen LogP contribution >= 0.6 is 23.2 Å². The van der Waals surface area contributed by atoms with E-state index < -0.39 is 43.3 Å². The van der Waals surface area contributed by atoms with Crippen LogP contribution in [0.2, 0.25) is 10.0 Å². The largest absolute Gasteiger partial charge is 0.463 e. The van der Waals surface area contributed by atoms with Gasteiger partial charge in [0, 0.05) is 41.7 Å². The molecule has 0 spiro atoms. The Morgan fingerprint density at radius 1 is 1.32 bits per heavy atom. The summed E-state index contributed by atoms with van der Waals surface area (Å²) in [5, 5.41) is 25.6. The molecule has 1 fully saturated rings. The van der Waals surface area contributed by atoms with Gasteiger partial charge in [-0.05, 0) is 24.6 Å². The maximum absolute atomic E-state index is 14.3. The van der Waals surface area contributed by atoms with Crippen molar-refractivity contribution in [3.05, 3.63) is 45.1 Å². The monoisotopic (exact) mass is 476 g/mol. The summed E-state index contributed by atoms with van der Waals surface area (Å²) in [6, 6.07) is 5.11. The number of hydrogen-bond acceptors (Lipinski definition) is 7. The number of aliphatic hydroxyl groups excluding tert-OH is 2. The van der Waals surface area contributed by atoms with Crippen molar-refractivity contribution in [1.82, 2.24) is 9.78 Å². The Labute approximate surface area is 188 Å². The highest BCUT2D eigenvalue weighted by molar-refractivity contribution is 6.35. The molecule has 3 rings (SSSR count). The molecule has 0 saturated carbocycles. The zero-order chi connectivity index (χ0) is 22.9. The number of carbonyl (C=O) groups is 1. The number of halogens is 3. The van der Waals surface area contributed by atoms with E-state index in [-0.39, 0.29) is 5.88 Å². The first-order chi connectivity index (χ1) is 14.6. The van der Waals surface area contributed by atoms with Crippen LogP contribution in [0.15, 0.2) is 18.2 Å². The molecule has 1 aromatic carbocycles. The van der Waals surface area contributed by atoms with Crippen molar-refractivity contribution in [3.63, 3.8) is 0 Å². The minimum atomic E-state index is -1.97. The van der Waals surface area contributed by atoms with Gasteiger partial charge >= 0.3 is 5.97 Å². The summed E-state index contributed by atoms with van der Waals surface area (Å²) in [6.45, 7) is 2.56. The average Bonchev–Trinajstić information content (AvgIpc) is 2.96. The molecular weight excluding hydrogens is 454 g/mol. The summed E-state index contributed by atoms with van der Waals surface area (Å²) in [4.78, 5) is 11.0. The molecule has 8 nitrogen and oxygen atoms in total. The zero-order valence-corrected chi connectivity index (χ0v) is 18.6. The fourth-order valence-corrected chi connectivity index (χ4v) is 3.69. The predicted molar refractivity (Wildman–Crippen MR) is 110 cm³/mol. The van der Waals surface area contributed by atoms with Crippen LogP contribution in [-0.2, 0) is 27.7 Å². The Bertz CT molecular complexity index is 956. The van der Waals surface area contributed by atoms with Crippen molar-refractivity contribution in [1.29, 1.82) is 0 Å². The molecule has 5 atom stereocenters. The SMILES string of the molecule is CC(=O)OCC1OC(Oc2nn(C)c(C)c2Cc2ccc(Cl)cc2Cl)C(O)C(O)C1F. The van der Waals surface area contributed by atoms with Gasteiger partial charge in [0.25, 0.3) is 0 Å². The number of alkyl halides is 1. The summed E-state index contributed by atoms with van der Waals surface area (Å²) >= 11 is 12.2. The van der Waals surface area contributed by atoms with Crippen LogP contribution in [0.25, 0.3) is 0 Å². The van der Waals surface area contributed by atoms with Crippen molar-refractivity contribution < 1.29 is 33.6 Å². The van der Waals surface area contributed by atoms with Gasteiger partial charge in [-0.15, -0.1) is 5.10 Å². The van der Waals surface area contributed by atoms with Crippen molar-refractivity contribution in [2.75, 3.05) is 6.61 Å². The van der Waals surface area contributed by atoms with E-state index in [1.807, 2.05) is 6.92 Å². The number of nitrogens with zero attached hydrogens (tertiary/aromatic N) is 2. The summed E-state index contributed by atoms with van der Waals surface area (Å²) in [6.07, 6.45) is -7.84. The van der Waals surface area contributed by atoms with Crippen LogP contribution in [0.4, 0.5) is 4.39 Å². The number of carbonyl (C=O) groups excluding carboxylic acids is 1. The van der Waals surface area contributed by atoms with E-state index in [2.05, 4.69) is 5.10 Å². The second-order valence-corrected chi connectivity index (χ2v) is 8.14. The number of aliphatic hydroxyl groups is 2. The number of benzene rings is 1. The summed E-state index contributed by atoms with van der Waals surface area (Å²) < 4.78 is 31.9. The number of aryl methyl sites for hydroxylation is 1. The standard InChI is InChI=1S/C20H23Cl2FN2O6/c1-9-13(6-11-4-5-12(21)7-14(11)22)19(24-25(9)3)31-20-18(28)17(27)16(23)15(30-20)8-29-10(2)26/h4-5,7,15-18,20,27-28H,6,8H2,1-3H3. The highest BCUT2D eigenvalue weighted by Crippen LogP contribution is 2.32. The topological polar surface area (TPSA) is 103 Å². The summed E-state index contributed by atoms with van der Waals surface area (Å²) in [7, 11) is 1.71. The van der Waals surface area contributed by atoms with Crippen LogP contribution in [0.5, 0.6) is 5.88 Å². The van der Waals surface area contributed by atoms with E-state index in [0.717, 1.165) is 11.3 Å². The Morgan fingerprint density at radius 3 is 2.68 bits per heavy atom. The molecule has 2 N–H and O–H groups in total. The first-order valence-electron chi connectivity index (χ1n) is 9.50. The number of esters is 1. The van der Waals surface area contributed by atoms with Crippen molar-refractivity contribution in [2.45, 2.75) is 51.0 Å². The van der Waals surface area contributed by atoms with Gasteiger partial charge in [-0.3, -0.25) is 9.48 Å². The van der Waals surface area contributed by atoms with Crippen molar-refractivity contribution >= 4 is 29.2 Å². The van der Waals surface area contributed by atoms with Gasteiger partial charge in [0.2, 0.25) is 12.2 Å². The number of ether oxygens (including phenoxy) is 3. The minimum absolute atomic E-state index is 0.130. The molecule has 0 amide bonds. The highest BCUT2D eigenvalue weighted by atomic mass is 35.5. The van der Waals surface area contributed by atoms with E-state index in [1.165, 1.54) is 6.92 Å². The van der Waals surface area contributed by atoms with Gasteiger partial charge in [-0.1, -0.05) is 29.3 Å². The van der Waals surface area contributed by atoms with Crippen LogP contribution in [0.3, 0.4) is 0 Å². The van der Waals surface area contributed by atoms with Crippen molar-refractivity contribution in [3.8, 4) is 5.88 Å². The van der Waals surface area contributed by atoms with Crippen LogP contribution in [-0.4, -0.2) is 63.3 Å². The number of hydrogen-bond donors (Lipinski definition) is 2. The number of rotatable bonds is 6. The fourth-order valence-electron chi connectivity index (χ4n) is 3.21. The Hall–Kier alpha value is -1.91. The molecule has 11 heteroatoms. The second-order valence-electron chi connectivity index (χ2n) is 7.29. The molecule has 5 unspecified atom stereocenters. The van der Waals surface area contributed by atoms with E-state index in [1.54, 1.807) is 29.9 Å². The Balaban J connectivity index is 1.84. The van der Waals surface area contributed by atoms with Crippen LogP contribution in [0, 0.1) is 6.92 Å². The summed E-state index contributed by atoms with van der Waals surface area (Å²) in [5.41, 5.74) is 2.20. The van der Waals surface area contributed by atoms with E-state index in [9.17, 15) is 19.4 Å². The van der Waals surface area contributed by atoms with Gasteiger partial charge in [0.1, 0.15) is 24.9 Å². The lowest BCUT2D eigenvalue weighted by Gasteiger charge is -2.38. The lowest BCUT2D eigenvalue weighted by atomic mass is 10.0. The Morgan fingerprint density at radius 2 is 2.03 bits per heavy atom. The Kier molecular flexibility index (Phi) is 7.43. The molecule has 1 aliphatic rings. The smallest absolute Gasteiger partial charge is 0.302 e. The first-order valence-corrected chi connectivity index (χ1v) is 10.3. The molecule has 2 aromatic rings. The first kappa shape index (κ1) is 23.7. The fraction of sp³-hybridized carbons (Fsp3) is 0.500. The van der Waals surface area contributed by atoms with E-state index in [0.29, 0.717) is 22.0 Å². The number of aromatic nitrogens is 2. The second kappa shape index (κ2) is 9.70. The normalized spacial score (nSPS) is 26.0. The van der Waals surface area contributed by atoms with Gasteiger partial charge in [0.05, 0.1) is 0 Å². The van der Waals surface area contributed by atoms with Crippen molar-refractivity contribution in [2.24, 2.45) is 7.05 Å². The van der Waals surface area contributed by atoms with Crippen LogP contribution < -0.4 is 4.74 Å². The molecule has 31 heavy (non-hydrogen) atoms. The molecule has 2 heterocycles. The van der Waals surface area contributed by atoms with Gasteiger partial charge < -0.3 is 24.4 Å². The third-order valence-electron chi connectivity index (χ3n) is 5.10. The minimum Gasteiger partial charge on any atom is -0.463 e.